The Morgan fingerprint density at radius 3 is 2.62 bits per heavy atom. The zero-order chi connectivity index (χ0) is 18.7. The van der Waals surface area contributed by atoms with Gasteiger partial charge in [-0.15, -0.1) is 6.58 Å². The van der Waals surface area contributed by atoms with Crippen molar-refractivity contribution >= 4 is 33.1 Å². The second-order valence-corrected chi connectivity index (χ2v) is 6.98. The third kappa shape index (κ3) is 3.55. The molecule has 1 amide bonds. The third-order valence-electron chi connectivity index (χ3n) is 4.03. The number of thiazole rings is 1. The van der Waals surface area contributed by atoms with Gasteiger partial charge in [-0.2, -0.15) is 4.99 Å². The van der Waals surface area contributed by atoms with Gasteiger partial charge in [-0.25, -0.2) is 0 Å². The molecule has 3 aromatic rings. The van der Waals surface area contributed by atoms with Crippen molar-refractivity contribution in [3.63, 3.8) is 0 Å². The summed E-state index contributed by atoms with van der Waals surface area (Å²) in [4.78, 5) is 19.6. The van der Waals surface area contributed by atoms with E-state index in [0.29, 0.717) is 16.9 Å². The molecule has 0 saturated carbocycles. The van der Waals surface area contributed by atoms with E-state index >= 15 is 0 Å². The van der Waals surface area contributed by atoms with Crippen LogP contribution in [0.2, 0.25) is 0 Å². The lowest BCUT2D eigenvalue weighted by atomic mass is 10.2. The fourth-order valence-corrected chi connectivity index (χ4v) is 3.69. The topological polar surface area (TPSA) is 46.8 Å². The van der Waals surface area contributed by atoms with Crippen LogP contribution in [0.15, 0.2) is 60.1 Å². The highest BCUT2D eigenvalue weighted by atomic mass is 32.1. The molecule has 6 heteroatoms. The van der Waals surface area contributed by atoms with Gasteiger partial charge in [0.25, 0.3) is 5.91 Å². The number of rotatable bonds is 5. The van der Waals surface area contributed by atoms with E-state index in [1.54, 1.807) is 25.3 Å². The van der Waals surface area contributed by atoms with Crippen molar-refractivity contribution in [2.24, 2.45) is 4.99 Å². The van der Waals surface area contributed by atoms with Crippen LogP contribution in [0.3, 0.4) is 0 Å². The standard InChI is InChI=1S/C20H21N3O2S/c1-5-12-23-17-11-10-16(25-4)13-18(17)26-20(23)21-19(24)14-6-8-15(9-7-14)22(2)3/h5-11,13H,1,12H2,2-4H3. The molecule has 5 nitrogen and oxygen atoms in total. The molecule has 0 saturated heterocycles. The molecule has 1 heterocycles. The summed E-state index contributed by atoms with van der Waals surface area (Å²) in [5.74, 6) is 0.522. The number of methoxy groups -OCH3 is 1. The Kier molecular flexibility index (Phi) is 5.23. The Labute approximate surface area is 156 Å². The van der Waals surface area contributed by atoms with E-state index in [9.17, 15) is 4.79 Å². The van der Waals surface area contributed by atoms with E-state index in [-0.39, 0.29) is 5.91 Å². The van der Waals surface area contributed by atoms with E-state index in [2.05, 4.69) is 11.6 Å². The number of nitrogens with zero attached hydrogens (tertiary/aromatic N) is 3. The highest BCUT2D eigenvalue weighted by molar-refractivity contribution is 7.16. The molecule has 0 spiro atoms. The van der Waals surface area contributed by atoms with Crippen LogP contribution >= 0.6 is 11.3 Å². The van der Waals surface area contributed by atoms with Crippen molar-refractivity contribution in [2.45, 2.75) is 6.54 Å². The molecule has 26 heavy (non-hydrogen) atoms. The quantitative estimate of drug-likeness (QED) is 0.646. The Hall–Kier alpha value is -2.86. The maximum Gasteiger partial charge on any atom is 0.279 e. The predicted octanol–water partition coefficient (Wildman–Crippen LogP) is 3.70. The number of benzene rings is 2. The average molecular weight is 367 g/mol. The van der Waals surface area contributed by atoms with Crippen LogP contribution in [-0.2, 0) is 6.54 Å². The fraction of sp³-hybridized carbons (Fsp3) is 0.200. The number of hydrogen-bond acceptors (Lipinski definition) is 4. The summed E-state index contributed by atoms with van der Waals surface area (Å²) in [7, 11) is 5.56. The molecule has 0 fully saturated rings. The van der Waals surface area contributed by atoms with Gasteiger partial charge in [0.05, 0.1) is 17.3 Å². The van der Waals surface area contributed by atoms with Crippen molar-refractivity contribution in [1.29, 1.82) is 0 Å². The number of carbonyl (C=O) groups excluding carboxylic acids is 1. The van der Waals surface area contributed by atoms with Crippen molar-refractivity contribution in [1.82, 2.24) is 4.57 Å². The molecule has 3 rings (SSSR count). The monoisotopic (exact) mass is 367 g/mol. The van der Waals surface area contributed by atoms with Gasteiger partial charge in [0, 0.05) is 31.9 Å². The predicted molar refractivity (Wildman–Crippen MR) is 107 cm³/mol. The summed E-state index contributed by atoms with van der Waals surface area (Å²) in [5, 5.41) is 0. The first-order valence-electron chi connectivity index (χ1n) is 8.18. The third-order valence-corrected chi connectivity index (χ3v) is 5.07. The first-order valence-corrected chi connectivity index (χ1v) is 9.00. The van der Waals surface area contributed by atoms with Crippen molar-refractivity contribution in [3.8, 4) is 5.75 Å². The minimum absolute atomic E-state index is 0.258. The number of allylic oxidation sites excluding steroid dienone is 1. The van der Waals surface area contributed by atoms with E-state index in [0.717, 1.165) is 21.7 Å². The van der Waals surface area contributed by atoms with Crippen LogP contribution in [0.1, 0.15) is 10.4 Å². The summed E-state index contributed by atoms with van der Waals surface area (Å²) < 4.78 is 8.29. The van der Waals surface area contributed by atoms with Crippen LogP contribution in [0.5, 0.6) is 5.75 Å². The number of hydrogen-bond donors (Lipinski definition) is 0. The van der Waals surface area contributed by atoms with Gasteiger partial charge >= 0.3 is 0 Å². The van der Waals surface area contributed by atoms with Gasteiger partial charge in [0.1, 0.15) is 5.75 Å². The summed E-state index contributed by atoms with van der Waals surface area (Å²) >= 11 is 1.46. The molecule has 2 aromatic carbocycles. The Morgan fingerprint density at radius 1 is 1.27 bits per heavy atom. The Morgan fingerprint density at radius 2 is 2.00 bits per heavy atom. The SMILES string of the molecule is C=CCn1c(=NC(=O)c2ccc(N(C)C)cc2)sc2cc(OC)ccc21. The van der Waals surface area contributed by atoms with Crippen LogP contribution in [0.25, 0.3) is 10.2 Å². The van der Waals surface area contributed by atoms with E-state index < -0.39 is 0 Å². The molecule has 0 unspecified atom stereocenters. The average Bonchev–Trinajstić information content (AvgIpc) is 2.98. The van der Waals surface area contributed by atoms with Crippen molar-refractivity contribution in [3.05, 3.63) is 65.5 Å². The lowest BCUT2D eigenvalue weighted by molar-refractivity contribution is 0.0998. The Balaban J connectivity index is 2.05. The minimum Gasteiger partial charge on any atom is -0.497 e. The zero-order valence-corrected chi connectivity index (χ0v) is 15.9. The Bertz CT molecular complexity index is 1010. The second kappa shape index (κ2) is 7.58. The molecule has 0 aliphatic carbocycles. The zero-order valence-electron chi connectivity index (χ0n) is 15.1. The van der Waals surface area contributed by atoms with Crippen molar-refractivity contribution < 1.29 is 9.53 Å². The largest absolute Gasteiger partial charge is 0.497 e. The van der Waals surface area contributed by atoms with Gasteiger partial charge in [-0.05, 0) is 42.5 Å². The first-order chi connectivity index (χ1) is 12.5. The summed E-state index contributed by atoms with van der Waals surface area (Å²) in [6, 6.07) is 13.3. The molecule has 1 aromatic heterocycles. The van der Waals surface area contributed by atoms with Gasteiger partial charge in [-0.3, -0.25) is 4.79 Å². The lowest BCUT2D eigenvalue weighted by Gasteiger charge is -2.11. The molecular formula is C20H21N3O2S. The molecule has 0 bridgehead atoms. The number of carbonyl (C=O) groups is 1. The summed E-state index contributed by atoms with van der Waals surface area (Å²) in [5.41, 5.74) is 2.61. The minimum atomic E-state index is -0.258. The summed E-state index contributed by atoms with van der Waals surface area (Å²) in [6.45, 7) is 4.39. The van der Waals surface area contributed by atoms with E-state index in [1.807, 2.05) is 53.9 Å². The van der Waals surface area contributed by atoms with E-state index in [4.69, 9.17) is 4.74 Å². The highest BCUT2D eigenvalue weighted by Gasteiger charge is 2.10. The van der Waals surface area contributed by atoms with Crippen LogP contribution in [-0.4, -0.2) is 31.7 Å². The maximum atomic E-state index is 12.6. The first kappa shape index (κ1) is 17.9. The number of fused-ring (bicyclic) bond motifs is 1. The van der Waals surface area contributed by atoms with Crippen LogP contribution in [0.4, 0.5) is 5.69 Å². The van der Waals surface area contributed by atoms with Crippen molar-refractivity contribution in [2.75, 3.05) is 26.1 Å². The maximum absolute atomic E-state index is 12.6. The fourth-order valence-electron chi connectivity index (χ4n) is 2.62. The van der Waals surface area contributed by atoms with Gasteiger partial charge in [-0.1, -0.05) is 17.4 Å². The van der Waals surface area contributed by atoms with Gasteiger partial charge < -0.3 is 14.2 Å². The molecule has 134 valence electrons. The number of amides is 1. The van der Waals surface area contributed by atoms with Gasteiger partial charge in [0.15, 0.2) is 4.80 Å². The molecule has 0 N–H and O–H groups in total. The molecule has 0 aliphatic rings. The highest BCUT2D eigenvalue weighted by Crippen LogP contribution is 2.23. The van der Waals surface area contributed by atoms with Crippen LogP contribution in [0, 0.1) is 0 Å². The molecular weight excluding hydrogens is 346 g/mol. The smallest absolute Gasteiger partial charge is 0.279 e. The summed E-state index contributed by atoms with van der Waals surface area (Å²) in [6.07, 6.45) is 1.80. The molecule has 0 radical (unpaired) electrons. The molecule has 0 aliphatic heterocycles. The van der Waals surface area contributed by atoms with Crippen LogP contribution < -0.4 is 14.4 Å². The second-order valence-electron chi connectivity index (χ2n) is 5.98. The normalized spacial score (nSPS) is 11.6. The number of anilines is 1. The number of aromatic nitrogens is 1. The molecule has 0 atom stereocenters. The van der Waals surface area contributed by atoms with Gasteiger partial charge in [0.2, 0.25) is 0 Å². The van der Waals surface area contributed by atoms with E-state index in [1.165, 1.54) is 11.3 Å². The number of ether oxygens (including phenoxy) is 1. The lowest BCUT2D eigenvalue weighted by Crippen LogP contribution is -2.16.